The number of carbonyl (C=O) groups excluding carboxylic acids is 1. The minimum Gasteiger partial charge on any atom is -0.347 e. The monoisotopic (exact) mass is 559 g/mol. The highest BCUT2D eigenvalue weighted by molar-refractivity contribution is 5.96. The molecule has 0 aromatic carbocycles. The quantitative estimate of drug-likeness (QED) is 0.338. The largest absolute Gasteiger partial charge is 0.347 e. The number of aromatic amines is 1. The maximum Gasteiger partial charge on any atom is 0.276 e. The third-order valence-corrected chi connectivity index (χ3v) is 6.43. The van der Waals surface area contributed by atoms with Crippen LogP contribution in [0.15, 0.2) is 47.1 Å². The second-order valence-electron chi connectivity index (χ2n) is 10.7. The number of H-pyrrole nitrogens is 1. The van der Waals surface area contributed by atoms with Crippen molar-refractivity contribution in [1.82, 2.24) is 43.8 Å². The molecule has 0 saturated heterocycles. The second kappa shape index (κ2) is 12.2. The summed E-state index contributed by atoms with van der Waals surface area (Å²) in [6, 6.07) is 2.55. The van der Waals surface area contributed by atoms with Crippen molar-refractivity contribution in [1.29, 1.82) is 0 Å². The number of carbonyl (C=O) groups is 1. The van der Waals surface area contributed by atoms with Gasteiger partial charge < -0.3 is 19.0 Å². The van der Waals surface area contributed by atoms with Crippen LogP contribution in [0.4, 0.5) is 11.8 Å². The summed E-state index contributed by atoms with van der Waals surface area (Å²) in [5.41, 5.74) is 4.04. The molecule has 6 rings (SSSR count). The van der Waals surface area contributed by atoms with Crippen LogP contribution < -0.4 is 10.5 Å². The summed E-state index contributed by atoms with van der Waals surface area (Å²) in [7, 11) is 3.86. The minimum absolute atomic E-state index is 0.00287. The molecule has 1 aliphatic rings. The normalized spacial score (nSPS) is 12.5. The van der Waals surface area contributed by atoms with E-state index in [-0.39, 0.29) is 11.5 Å². The Morgan fingerprint density at radius 3 is 2.29 bits per heavy atom. The lowest BCUT2D eigenvalue weighted by Gasteiger charge is -2.11. The summed E-state index contributed by atoms with van der Waals surface area (Å²) >= 11 is 0. The third kappa shape index (κ3) is 6.23. The molecule has 0 spiro atoms. The maximum absolute atomic E-state index is 11.3. The average molecular weight is 560 g/mol. The van der Waals surface area contributed by atoms with Crippen molar-refractivity contribution < 1.29 is 4.79 Å². The molecule has 5 aromatic rings. The van der Waals surface area contributed by atoms with Crippen LogP contribution in [0, 0.1) is 0 Å². The molecule has 6 heterocycles. The molecular formula is C28H37N11O2. The van der Waals surface area contributed by atoms with E-state index >= 15 is 0 Å². The van der Waals surface area contributed by atoms with E-state index in [2.05, 4.69) is 76.6 Å². The van der Waals surface area contributed by atoms with Crippen LogP contribution in [0.5, 0.6) is 0 Å². The van der Waals surface area contributed by atoms with E-state index in [1.54, 1.807) is 31.1 Å². The van der Waals surface area contributed by atoms with Crippen molar-refractivity contribution >= 4 is 46.1 Å². The van der Waals surface area contributed by atoms with E-state index in [4.69, 9.17) is 0 Å². The zero-order chi connectivity index (χ0) is 29.8. The van der Waals surface area contributed by atoms with Crippen molar-refractivity contribution in [3.05, 3.63) is 53.2 Å². The topological polar surface area (TPSA) is 145 Å². The highest BCUT2D eigenvalue weighted by Gasteiger charge is 2.19. The number of pyridine rings is 1. The zero-order valence-electron chi connectivity index (χ0n) is 24.8. The highest BCUT2D eigenvalue weighted by Crippen LogP contribution is 2.28. The first-order valence-electron chi connectivity index (χ1n) is 13.5. The number of aromatic nitrogens is 9. The van der Waals surface area contributed by atoms with Crippen molar-refractivity contribution in [2.45, 2.75) is 66.0 Å². The molecule has 5 aromatic heterocycles. The summed E-state index contributed by atoms with van der Waals surface area (Å²) in [5, 5.41) is 4.01. The fourth-order valence-electron chi connectivity index (χ4n) is 4.17. The van der Waals surface area contributed by atoms with Gasteiger partial charge in [0.25, 0.3) is 11.5 Å². The van der Waals surface area contributed by atoms with Crippen LogP contribution in [0.1, 0.15) is 76.3 Å². The Balaban J connectivity index is 0.000000142. The molecule has 0 atom stereocenters. The first-order chi connectivity index (χ1) is 19.5. The SMILES string of the molecule is CC(C)c1cnn2c1N=CCC2=O.CC(C)n1cnc2c(=O)[nH]ccc21.CC(C)n1cnc2cnc(N(C)C)nc21. The number of anilines is 1. The summed E-state index contributed by atoms with van der Waals surface area (Å²) in [6.07, 6.45) is 10.6. The second-order valence-corrected chi connectivity index (χ2v) is 10.7. The number of imidazole rings is 2. The van der Waals surface area contributed by atoms with Gasteiger partial charge >= 0.3 is 0 Å². The lowest BCUT2D eigenvalue weighted by Crippen LogP contribution is -2.15. The molecule has 13 heteroatoms. The standard InChI is InChI=1S/C10H15N5.2C9H11N3O/c1-7(2)15-6-12-8-5-11-10(14(3)4)13-9(8)15;1-6(2)7-5-11-12-8(13)3-4-10-9(7)12;1-6(2)12-5-11-8-7(12)3-4-10-9(8)13/h5-7H,1-4H3;4-6H,3H2,1-2H3;3-6H,1-2H3,(H,10,13). The third-order valence-electron chi connectivity index (χ3n) is 6.43. The van der Waals surface area contributed by atoms with Gasteiger partial charge in [-0.2, -0.15) is 14.8 Å². The number of fused-ring (bicyclic) bond motifs is 3. The van der Waals surface area contributed by atoms with E-state index in [0.717, 1.165) is 22.2 Å². The van der Waals surface area contributed by atoms with Gasteiger partial charge in [-0.05, 0) is 39.7 Å². The minimum atomic E-state index is -0.128. The Morgan fingerprint density at radius 1 is 0.927 bits per heavy atom. The average Bonchev–Trinajstić information content (AvgIpc) is 3.66. The highest BCUT2D eigenvalue weighted by atomic mass is 16.2. The summed E-state index contributed by atoms with van der Waals surface area (Å²) < 4.78 is 5.41. The van der Waals surface area contributed by atoms with Gasteiger partial charge in [-0.25, -0.2) is 19.9 Å². The molecule has 0 amide bonds. The van der Waals surface area contributed by atoms with E-state index in [9.17, 15) is 9.59 Å². The number of nitrogens with zero attached hydrogens (tertiary/aromatic N) is 10. The van der Waals surface area contributed by atoms with Gasteiger partial charge in [-0.1, -0.05) is 13.8 Å². The van der Waals surface area contributed by atoms with E-state index < -0.39 is 0 Å². The van der Waals surface area contributed by atoms with Gasteiger partial charge in [0.2, 0.25) is 5.95 Å². The molecule has 0 bridgehead atoms. The molecule has 1 N–H and O–H groups in total. The fourth-order valence-corrected chi connectivity index (χ4v) is 4.17. The van der Waals surface area contributed by atoms with Crippen LogP contribution in [0.2, 0.25) is 0 Å². The lowest BCUT2D eigenvalue weighted by molar-refractivity contribution is 0.0907. The van der Waals surface area contributed by atoms with Crippen molar-refractivity contribution in [3.8, 4) is 0 Å². The van der Waals surface area contributed by atoms with Gasteiger partial charge in [-0.3, -0.25) is 9.59 Å². The number of nitrogens with one attached hydrogen (secondary N) is 1. The molecule has 1 aliphatic heterocycles. The number of hydrogen-bond acceptors (Lipinski definition) is 9. The van der Waals surface area contributed by atoms with Crippen LogP contribution in [0.25, 0.3) is 22.2 Å². The molecule has 0 radical (unpaired) electrons. The molecule has 13 nitrogen and oxygen atoms in total. The van der Waals surface area contributed by atoms with Crippen molar-refractivity contribution in [2.75, 3.05) is 19.0 Å². The maximum atomic E-state index is 11.3. The summed E-state index contributed by atoms with van der Waals surface area (Å²) in [6.45, 7) is 12.5. The number of rotatable bonds is 4. The van der Waals surface area contributed by atoms with Crippen LogP contribution >= 0.6 is 0 Å². The van der Waals surface area contributed by atoms with Gasteiger partial charge in [0.1, 0.15) is 5.52 Å². The summed E-state index contributed by atoms with van der Waals surface area (Å²) in [5.74, 6) is 1.76. The smallest absolute Gasteiger partial charge is 0.276 e. The van der Waals surface area contributed by atoms with Crippen LogP contribution in [-0.2, 0) is 0 Å². The first-order valence-corrected chi connectivity index (χ1v) is 13.5. The molecule has 216 valence electrons. The van der Waals surface area contributed by atoms with E-state index in [1.165, 1.54) is 4.68 Å². The molecule has 0 unspecified atom stereocenters. The molecule has 0 saturated carbocycles. The van der Waals surface area contributed by atoms with Crippen LogP contribution in [0.3, 0.4) is 0 Å². The van der Waals surface area contributed by atoms with Gasteiger partial charge in [0.15, 0.2) is 17.0 Å². The Bertz CT molecular complexity index is 1730. The Hall–Kier alpha value is -4.68. The van der Waals surface area contributed by atoms with Gasteiger partial charge in [0.05, 0.1) is 37.0 Å². The Morgan fingerprint density at radius 2 is 1.63 bits per heavy atom. The Kier molecular flexibility index (Phi) is 8.74. The number of aliphatic imine (C=N–C) groups is 1. The van der Waals surface area contributed by atoms with Gasteiger partial charge in [-0.15, -0.1) is 0 Å². The lowest BCUT2D eigenvalue weighted by atomic mass is 10.1. The van der Waals surface area contributed by atoms with E-state index in [1.807, 2.05) is 40.5 Å². The molecule has 0 fully saturated rings. The van der Waals surface area contributed by atoms with E-state index in [0.29, 0.717) is 41.7 Å². The fraction of sp³-hybridized carbons (Fsp3) is 0.429. The molecule has 0 aliphatic carbocycles. The first kappa shape index (κ1) is 29.3. The summed E-state index contributed by atoms with van der Waals surface area (Å²) in [4.78, 5) is 48.3. The molecular weight excluding hydrogens is 522 g/mol. The Labute approximate surface area is 238 Å². The van der Waals surface area contributed by atoms with Crippen molar-refractivity contribution in [3.63, 3.8) is 0 Å². The van der Waals surface area contributed by atoms with Crippen molar-refractivity contribution in [2.24, 2.45) is 4.99 Å². The number of hydrogen-bond donors (Lipinski definition) is 1. The molecule has 41 heavy (non-hydrogen) atoms. The van der Waals surface area contributed by atoms with Gasteiger partial charge in [0, 0.05) is 44.2 Å². The predicted octanol–water partition coefficient (Wildman–Crippen LogP) is 4.53. The zero-order valence-corrected chi connectivity index (χ0v) is 24.8. The predicted molar refractivity (Wildman–Crippen MR) is 160 cm³/mol. The van der Waals surface area contributed by atoms with Crippen LogP contribution in [-0.4, -0.2) is 70.1 Å².